The molecule has 0 aliphatic heterocycles. The van der Waals surface area contributed by atoms with Gasteiger partial charge in [0.25, 0.3) is 0 Å². The van der Waals surface area contributed by atoms with E-state index in [2.05, 4.69) is 26.1 Å². The molecule has 0 aromatic carbocycles. The van der Waals surface area contributed by atoms with Gasteiger partial charge >= 0.3 is 0 Å². The van der Waals surface area contributed by atoms with Crippen molar-refractivity contribution in [2.45, 2.75) is 20.8 Å². The first-order valence-corrected chi connectivity index (χ1v) is 4.12. The molecule has 1 aromatic rings. The summed E-state index contributed by atoms with van der Waals surface area (Å²) in [6, 6.07) is 0. The lowest BCUT2D eigenvalue weighted by atomic mass is 10.6. The molecule has 1 heterocycles. The molecule has 0 aliphatic rings. The molecule has 0 bridgehead atoms. The van der Waals surface area contributed by atoms with Crippen LogP contribution in [0.2, 0.25) is 0 Å². The maximum atomic E-state index is 3.92. The van der Waals surface area contributed by atoms with Crippen molar-refractivity contribution in [3.05, 3.63) is 16.1 Å². The second-order valence-electron chi connectivity index (χ2n) is 2.38. The summed E-state index contributed by atoms with van der Waals surface area (Å²) in [6.07, 6.45) is 1.95. The summed E-state index contributed by atoms with van der Waals surface area (Å²) in [4.78, 5) is 0. The van der Waals surface area contributed by atoms with Crippen LogP contribution in [0, 0.1) is 13.8 Å². The Balaban J connectivity index is 3.11. The monoisotopic (exact) mass is 215 g/mol. The first-order valence-electron chi connectivity index (χ1n) is 3.33. The number of aryl methyl sites for hydroxylation is 2. The van der Waals surface area contributed by atoms with Gasteiger partial charge in [-0.3, -0.25) is 4.57 Å². The van der Waals surface area contributed by atoms with Crippen LogP contribution in [0.5, 0.6) is 0 Å². The summed E-state index contributed by atoms with van der Waals surface area (Å²) in [6.45, 7) is 5.82. The first-order chi connectivity index (χ1) is 5.11. The van der Waals surface area contributed by atoms with E-state index in [0.29, 0.717) is 0 Å². The molecular weight excluding hydrogens is 206 g/mol. The zero-order valence-corrected chi connectivity index (χ0v) is 8.38. The molecule has 0 fully saturated rings. The zero-order chi connectivity index (χ0) is 8.43. The fourth-order valence-corrected chi connectivity index (χ4v) is 1.04. The third-order valence-electron chi connectivity index (χ3n) is 1.34. The molecule has 60 valence electrons. The minimum Gasteiger partial charge on any atom is -0.290 e. The summed E-state index contributed by atoms with van der Waals surface area (Å²) in [5.41, 5.74) is 0. The average molecular weight is 216 g/mol. The highest BCUT2D eigenvalue weighted by Crippen LogP contribution is 2.08. The number of hydrogen-bond acceptors (Lipinski definition) is 2. The highest BCUT2D eigenvalue weighted by molar-refractivity contribution is 9.11. The second kappa shape index (κ2) is 3.17. The van der Waals surface area contributed by atoms with Crippen molar-refractivity contribution in [1.29, 1.82) is 0 Å². The molecular formula is C7H10BrN3. The average Bonchev–Trinajstić information content (AvgIpc) is 2.18. The van der Waals surface area contributed by atoms with Crippen LogP contribution in [-0.2, 0) is 0 Å². The summed E-state index contributed by atoms with van der Waals surface area (Å²) in [5, 5.41) is 7.83. The SMILES string of the molecule is C/C(Br)=C\n1c(C)nnc1C. The quantitative estimate of drug-likeness (QED) is 0.719. The van der Waals surface area contributed by atoms with Crippen LogP contribution < -0.4 is 0 Å². The standard InChI is InChI=1S/C7H10BrN3/c1-5(8)4-11-6(2)9-10-7(11)3/h4H,1-3H3/b5-4+. The van der Waals surface area contributed by atoms with E-state index in [0.717, 1.165) is 16.1 Å². The van der Waals surface area contributed by atoms with Crippen LogP contribution >= 0.6 is 15.9 Å². The van der Waals surface area contributed by atoms with Crippen molar-refractivity contribution in [1.82, 2.24) is 14.8 Å². The van der Waals surface area contributed by atoms with Crippen LogP contribution in [0.3, 0.4) is 0 Å². The van der Waals surface area contributed by atoms with E-state index in [-0.39, 0.29) is 0 Å². The van der Waals surface area contributed by atoms with Crippen molar-refractivity contribution in [3.63, 3.8) is 0 Å². The van der Waals surface area contributed by atoms with E-state index in [1.807, 2.05) is 31.5 Å². The number of nitrogens with zero attached hydrogens (tertiary/aromatic N) is 3. The van der Waals surface area contributed by atoms with Crippen LogP contribution in [0.4, 0.5) is 0 Å². The molecule has 1 rings (SSSR count). The predicted molar refractivity (Wildman–Crippen MR) is 48.4 cm³/mol. The molecule has 4 heteroatoms. The fourth-order valence-electron chi connectivity index (χ4n) is 0.840. The Kier molecular flexibility index (Phi) is 2.44. The molecule has 0 unspecified atom stereocenters. The molecule has 0 radical (unpaired) electrons. The third kappa shape index (κ3) is 1.89. The number of hydrogen-bond donors (Lipinski definition) is 0. The van der Waals surface area contributed by atoms with Gasteiger partial charge in [0.2, 0.25) is 0 Å². The van der Waals surface area contributed by atoms with Gasteiger partial charge in [0.1, 0.15) is 11.6 Å². The van der Waals surface area contributed by atoms with E-state index in [4.69, 9.17) is 0 Å². The molecule has 0 amide bonds. The Morgan fingerprint density at radius 1 is 1.36 bits per heavy atom. The third-order valence-corrected chi connectivity index (χ3v) is 1.55. The normalized spacial score (nSPS) is 12.2. The van der Waals surface area contributed by atoms with E-state index < -0.39 is 0 Å². The Bertz CT molecular complexity index is 264. The van der Waals surface area contributed by atoms with Crippen LogP contribution in [0.25, 0.3) is 6.20 Å². The lowest BCUT2D eigenvalue weighted by Crippen LogP contribution is -1.92. The Labute approximate surface area is 74.3 Å². The summed E-state index contributed by atoms with van der Waals surface area (Å²) < 4.78 is 2.99. The number of aromatic nitrogens is 3. The Morgan fingerprint density at radius 3 is 2.18 bits per heavy atom. The maximum Gasteiger partial charge on any atom is 0.133 e. The minimum absolute atomic E-state index is 0.904. The van der Waals surface area contributed by atoms with Crippen molar-refractivity contribution in [3.8, 4) is 0 Å². The fraction of sp³-hybridized carbons (Fsp3) is 0.429. The maximum absolute atomic E-state index is 3.92. The van der Waals surface area contributed by atoms with Gasteiger partial charge in [-0.25, -0.2) is 0 Å². The highest BCUT2D eigenvalue weighted by Gasteiger charge is 1.99. The van der Waals surface area contributed by atoms with Crippen molar-refractivity contribution >= 4 is 22.1 Å². The summed E-state index contributed by atoms with van der Waals surface area (Å²) in [7, 11) is 0. The lowest BCUT2D eigenvalue weighted by molar-refractivity contribution is 0.991. The molecule has 0 saturated heterocycles. The lowest BCUT2D eigenvalue weighted by Gasteiger charge is -1.97. The van der Waals surface area contributed by atoms with Gasteiger partial charge in [-0.2, -0.15) is 0 Å². The number of rotatable bonds is 1. The van der Waals surface area contributed by atoms with Crippen molar-refractivity contribution in [2.75, 3.05) is 0 Å². The van der Waals surface area contributed by atoms with Gasteiger partial charge in [0, 0.05) is 10.7 Å². The van der Waals surface area contributed by atoms with Crippen LogP contribution in [0.15, 0.2) is 4.48 Å². The van der Waals surface area contributed by atoms with Gasteiger partial charge < -0.3 is 0 Å². The zero-order valence-electron chi connectivity index (χ0n) is 6.80. The molecule has 0 spiro atoms. The van der Waals surface area contributed by atoms with Gasteiger partial charge in [-0.1, -0.05) is 15.9 Å². The van der Waals surface area contributed by atoms with E-state index in [1.165, 1.54) is 0 Å². The predicted octanol–water partition coefficient (Wildman–Crippen LogP) is 2.11. The van der Waals surface area contributed by atoms with Crippen molar-refractivity contribution in [2.24, 2.45) is 0 Å². The van der Waals surface area contributed by atoms with Crippen molar-refractivity contribution < 1.29 is 0 Å². The molecule has 0 saturated carbocycles. The Morgan fingerprint density at radius 2 is 1.82 bits per heavy atom. The van der Waals surface area contributed by atoms with Gasteiger partial charge in [0.05, 0.1) is 0 Å². The van der Waals surface area contributed by atoms with Crippen LogP contribution in [0.1, 0.15) is 18.6 Å². The van der Waals surface area contributed by atoms with E-state index in [1.54, 1.807) is 0 Å². The summed E-state index contributed by atoms with van der Waals surface area (Å²) in [5.74, 6) is 1.81. The smallest absolute Gasteiger partial charge is 0.133 e. The number of halogens is 1. The topological polar surface area (TPSA) is 30.7 Å². The second-order valence-corrected chi connectivity index (χ2v) is 3.63. The largest absolute Gasteiger partial charge is 0.290 e. The van der Waals surface area contributed by atoms with Crippen LogP contribution in [-0.4, -0.2) is 14.8 Å². The molecule has 0 atom stereocenters. The van der Waals surface area contributed by atoms with Gasteiger partial charge in [0.15, 0.2) is 0 Å². The minimum atomic E-state index is 0.904. The molecule has 11 heavy (non-hydrogen) atoms. The molecule has 1 aromatic heterocycles. The number of allylic oxidation sites excluding steroid dienone is 1. The molecule has 3 nitrogen and oxygen atoms in total. The first kappa shape index (κ1) is 8.46. The van der Waals surface area contributed by atoms with E-state index in [9.17, 15) is 0 Å². The van der Waals surface area contributed by atoms with Gasteiger partial charge in [-0.05, 0) is 20.8 Å². The molecule has 0 N–H and O–H groups in total. The van der Waals surface area contributed by atoms with Gasteiger partial charge in [-0.15, -0.1) is 10.2 Å². The summed E-state index contributed by atoms with van der Waals surface area (Å²) >= 11 is 3.35. The highest BCUT2D eigenvalue weighted by atomic mass is 79.9. The van der Waals surface area contributed by atoms with E-state index >= 15 is 0 Å². The molecule has 0 aliphatic carbocycles. The Hall–Kier alpha value is -0.640.